The van der Waals surface area contributed by atoms with Crippen LogP contribution >= 0.6 is 0 Å². The van der Waals surface area contributed by atoms with Crippen LogP contribution in [0, 0.1) is 11.6 Å². The molecular formula is C13H18F2N2. The van der Waals surface area contributed by atoms with Crippen LogP contribution in [0.1, 0.15) is 24.8 Å². The van der Waals surface area contributed by atoms with E-state index in [1.807, 2.05) is 0 Å². The first-order chi connectivity index (χ1) is 8.25. The SMILES string of the molecule is Fc1ccc(CNCC2CCCCN2)cc1F. The highest BCUT2D eigenvalue weighted by molar-refractivity contribution is 5.17. The lowest BCUT2D eigenvalue weighted by Crippen LogP contribution is -2.41. The van der Waals surface area contributed by atoms with Gasteiger partial charge < -0.3 is 10.6 Å². The molecule has 1 fully saturated rings. The molecule has 17 heavy (non-hydrogen) atoms. The van der Waals surface area contributed by atoms with E-state index < -0.39 is 11.6 Å². The summed E-state index contributed by atoms with van der Waals surface area (Å²) in [5.74, 6) is -1.57. The fraction of sp³-hybridized carbons (Fsp3) is 0.538. The van der Waals surface area contributed by atoms with Crippen LogP contribution in [0.5, 0.6) is 0 Å². The van der Waals surface area contributed by atoms with Crippen molar-refractivity contribution < 1.29 is 8.78 Å². The Balaban J connectivity index is 1.75. The standard InChI is InChI=1S/C13H18F2N2/c14-12-5-4-10(7-13(12)15)8-16-9-11-3-1-2-6-17-11/h4-5,7,11,16-17H,1-3,6,8-9H2. The van der Waals surface area contributed by atoms with Crippen LogP contribution in [0.2, 0.25) is 0 Å². The Morgan fingerprint density at radius 1 is 1.24 bits per heavy atom. The number of piperidine rings is 1. The maximum atomic E-state index is 12.9. The second kappa shape index (κ2) is 6.07. The lowest BCUT2D eigenvalue weighted by Gasteiger charge is -2.23. The Labute approximate surface area is 100 Å². The van der Waals surface area contributed by atoms with E-state index >= 15 is 0 Å². The molecule has 4 heteroatoms. The van der Waals surface area contributed by atoms with Gasteiger partial charge in [0.15, 0.2) is 11.6 Å². The molecule has 0 saturated carbocycles. The van der Waals surface area contributed by atoms with Gasteiger partial charge in [0.2, 0.25) is 0 Å². The van der Waals surface area contributed by atoms with E-state index in [4.69, 9.17) is 0 Å². The number of rotatable bonds is 4. The summed E-state index contributed by atoms with van der Waals surface area (Å²) in [6, 6.07) is 4.54. The van der Waals surface area contributed by atoms with Gasteiger partial charge in [-0.15, -0.1) is 0 Å². The molecule has 1 atom stereocenters. The first-order valence-corrected chi connectivity index (χ1v) is 6.14. The zero-order valence-electron chi connectivity index (χ0n) is 9.81. The fourth-order valence-electron chi connectivity index (χ4n) is 2.14. The van der Waals surface area contributed by atoms with E-state index in [1.165, 1.54) is 31.4 Å². The molecule has 0 radical (unpaired) electrons. The summed E-state index contributed by atoms with van der Waals surface area (Å²) in [6.07, 6.45) is 3.70. The van der Waals surface area contributed by atoms with Crippen molar-refractivity contribution >= 4 is 0 Å². The molecule has 0 aliphatic carbocycles. The van der Waals surface area contributed by atoms with E-state index in [-0.39, 0.29) is 0 Å². The molecule has 1 aromatic carbocycles. The smallest absolute Gasteiger partial charge is 0.159 e. The molecule has 1 unspecified atom stereocenters. The maximum absolute atomic E-state index is 12.9. The zero-order chi connectivity index (χ0) is 12.1. The van der Waals surface area contributed by atoms with Crippen LogP contribution in [0.25, 0.3) is 0 Å². The average Bonchev–Trinajstić information content (AvgIpc) is 2.35. The van der Waals surface area contributed by atoms with Gasteiger partial charge >= 0.3 is 0 Å². The molecule has 1 aromatic rings. The van der Waals surface area contributed by atoms with Gasteiger partial charge in [-0.05, 0) is 37.1 Å². The molecule has 0 bridgehead atoms. The first kappa shape index (κ1) is 12.5. The molecule has 2 rings (SSSR count). The largest absolute Gasteiger partial charge is 0.313 e. The average molecular weight is 240 g/mol. The highest BCUT2D eigenvalue weighted by atomic mass is 19.2. The molecule has 2 N–H and O–H groups in total. The summed E-state index contributed by atoms with van der Waals surface area (Å²) in [6.45, 7) is 2.53. The van der Waals surface area contributed by atoms with Gasteiger partial charge in [-0.25, -0.2) is 8.78 Å². The second-order valence-corrected chi connectivity index (χ2v) is 4.53. The number of hydrogen-bond donors (Lipinski definition) is 2. The Bertz CT molecular complexity index is 362. The summed E-state index contributed by atoms with van der Waals surface area (Å²) < 4.78 is 25.7. The molecule has 94 valence electrons. The van der Waals surface area contributed by atoms with Crippen LogP contribution in [-0.4, -0.2) is 19.1 Å². The lowest BCUT2D eigenvalue weighted by molar-refractivity contribution is 0.383. The topological polar surface area (TPSA) is 24.1 Å². The third-order valence-corrected chi connectivity index (χ3v) is 3.12. The van der Waals surface area contributed by atoms with Gasteiger partial charge in [0, 0.05) is 19.1 Å². The molecule has 1 aliphatic rings. The van der Waals surface area contributed by atoms with Gasteiger partial charge in [0.1, 0.15) is 0 Å². The molecule has 0 aromatic heterocycles. The Kier molecular flexibility index (Phi) is 4.45. The van der Waals surface area contributed by atoms with Crippen molar-refractivity contribution in [3.63, 3.8) is 0 Å². The van der Waals surface area contributed by atoms with E-state index in [0.717, 1.165) is 18.7 Å². The van der Waals surface area contributed by atoms with E-state index in [1.54, 1.807) is 6.07 Å². The minimum Gasteiger partial charge on any atom is -0.313 e. The van der Waals surface area contributed by atoms with Crippen molar-refractivity contribution in [1.29, 1.82) is 0 Å². The molecule has 0 spiro atoms. The number of hydrogen-bond acceptors (Lipinski definition) is 2. The van der Waals surface area contributed by atoms with Crippen LogP contribution in [-0.2, 0) is 6.54 Å². The van der Waals surface area contributed by atoms with E-state index in [0.29, 0.717) is 12.6 Å². The van der Waals surface area contributed by atoms with Gasteiger partial charge in [-0.2, -0.15) is 0 Å². The normalized spacial score (nSPS) is 20.5. The van der Waals surface area contributed by atoms with Crippen LogP contribution in [0.15, 0.2) is 18.2 Å². The first-order valence-electron chi connectivity index (χ1n) is 6.14. The van der Waals surface area contributed by atoms with E-state index in [2.05, 4.69) is 10.6 Å². The zero-order valence-corrected chi connectivity index (χ0v) is 9.81. The molecular weight excluding hydrogens is 222 g/mol. The molecule has 1 saturated heterocycles. The Hall–Kier alpha value is -1.00. The quantitative estimate of drug-likeness (QED) is 0.843. The van der Waals surface area contributed by atoms with Crippen molar-refractivity contribution in [3.05, 3.63) is 35.4 Å². The number of nitrogens with one attached hydrogen (secondary N) is 2. The second-order valence-electron chi connectivity index (χ2n) is 4.53. The molecule has 0 amide bonds. The lowest BCUT2D eigenvalue weighted by atomic mass is 10.1. The predicted molar refractivity (Wildman–Crippen MR) is 63.7 cm³/mol. The van der Waals surface area contributed by atoms with E-state index in [9.17, 15) is 8.78 Å². The number of benzene rings is 1. The third kappa shape index (κ3) is 3.75. The summed E-state index contributed by atoms with van der Waals surface area (Å²) >= 11 is 0. The molecule has 2 nitrogen and oxygen atoms in total. The predicted octanol–water partition coefficient (Wildman–Crippen LogP) is 2.20. The van der Waals surface area contributed by atoms with Crippen LogP contribution in [0.3, 0.4) is 0 Å². The summed E-state index contributed by atoms with van der Waals surface area (Å²) in [7, 11) is 0. The minimum absolute atomic E-state index is 0.508. The minimum atomic E-state index is -0.789. The highest BCUT2D eigenvalue weighted by Crippen LogP contribution is 2.09. The number of halogens is 2. The van der Waals surface area contributed by atoms with Crippen LogP contribution < -0.4 is 10.6 Å². The van der Waals surface area contributed by atoms with Crippen molar-refractivity contribution in [2.24, 2.45) is 0 Å². The maximum Gasteiger partial charge on any atom is 0.159 e. The highest BCUT2D eigenvalue weighted by Gasteiger charge is 2.11. The van der Waals surface area contributed by atoms with Crippen molar-refractivity contribution in [2.45, 2.75) is 31.8 Å². The monoisotopic (exact) mass is 240 g/mol. The van der Waals surface area contributed by atoms with Gasteiger partial charge in [0.25, 0.3) is 0 Å². The van der Waals surface area contributed by atoms with Gasteiger partial charge in [-0.1, -0.05) is 12.5 Å². The van der Waals surface area contributed by atoms with Gasteiger partial charge in [0.05, 0.1) is 0 Å². The Morgan fingerprint density at radius 3 is 2.82 bits per heavy atom. The van der Waals surface area contributed by atoms with Crippen molar-refractivity contribution in [1.82, 2.24) is 10.6 Å². The summed E-state index contributed by atoms with van der Waals surface area (Å²) in [4.78, 5) is 0. The summed E-state index contributed by atoms with van der Waals surface area (Å²) in [5, 5.41) is 6.70. The van der Waals surface area contributed by atoms with Gasteiger partial charge in [-0.3, -0.25) is 0 Å². The molecule has 1 heterocycles. The van der Waals surface area contributed by atoms with Crippen molar-refractivity contribution in [2.75, 3.05) is 13.1 Å². The Morgan fingerprint density at radius 2 is 2.12 bits per heavy atom. The third-order valence-electron chi connectivity index (χ3n) is 3.12. The van der Waals surface area contributed by atoms with Crippen LogP contribution in [0.4, 0.5) is 8.78 Å². The van der Waals surface area contributed by atoms with Crippen molar-refractivity contribution in [3.8, 4) is 0 Å². The molecule has 1 aliphatic heterocycles. The summed E-state index contributed by atoms with van der Waals surface area (Å²) in [5.41, 5.74) is 0.778. The fourth-order valence-corrected chi connectivity index (χ4v) is 2.14.